The van der Waals surface area contributed by atoms with Gasteiger partial charge in [0.2, 0.25) is 0 Å². The van der Waals surface area contributed by atoms with Crippen LogP contribution in [0.3, 0.4) is 0 Å². The predicted molar refractivity (Wildman–Crippen MR) is 128 cm³/mol. The monoisotopic (exact) mass is 571 g/mol. The Morgan fingerprint density at radius 1 is 1.10 bits per heavy atom. The Balaban J connectivity index is 1.84. The van der Waals surface area contributed by atoms with Crippen LogP contribution in [-0.4, -0.2) is 35.7 Å². The zero-order chi connectivity index (χ0) is 21.3. The first-order valence-electron chi connectivity index (χ1n) is 9.64. The van der Waals surface area contributed by atoms with Crippen LogP contribution in [0.15, 0.2) is 54.6 Å². The van der Waals surface area contributed by atoms with Crippen molar-refractivity contribution in [2.24, 2.45) is 0 Å². The maximum atomic E-state index is 12.7. The lowest BCUT2D eigenvalue weighted by molar-refractivity contribution is -0.121. The number of ketones is 1. The van der Waals surface area contributed by atoms with Crippen LogP contribution in [0.25, 0.3) is 0 Å². The molecule has 0 aliphatic carbocycles. The molecule has 0 heterocycles. The third-order valence-corrected chi connectivity index (χ3v) is 6.32. The van der Waals surface area contributed by atoms with E-state index in [9.17, 15) is 9.59 Å². The second-order valence-corrected chi connectivity index (χ2v) is 9.12. The Bertz CT molecular complexity index is 815. The van der Waals surface area contributed by atoms with E-state index in [0.717, 1.165) is 34.0 Å². The van der Waals surface area contributed by atoms with E-state index >= 15 is 0 Å². The molecule has 0 radical (unpaired) electrons. The molecule has 1 unspecified atom stereocenters. The van der Waals surface area contributed by atoms with E-state index in [4.69, 9.17) is 4.74 Å². The molecule has 0 aliphatic heterocycles. The van der Waals surface area contributed by atoms with Crippen molar-refractivity contribution in [2.45, 2.75) is 38.2 Å². The van der Waals surface area contributed by atoms with Gasteiger partial charge < -0.3 is 9.64 Å². The molecule has 1 atom stereocenters. The Morgan fingerprint density at radius 3 is 2.48 bits per heavy atom. The van der Waals surface area contributed by atoms with Crippen molar-refractivity contribution < 1.29 is 14.3 Å². The van der Waals surface area contributed by atoms with E-state index in [2.05, 4.69) is 44.6 Å². The van der Waals surface area contributed by atoms with Crippen molar-refractivity contribution in [1.29, 1.82) is 0 Å². The molecule has 2 aromatic carbocycles. The zero-order valence-electron chi connectivity index (χ0n) is 16.9. The largest absolute Gasteiger partial charge is 0.445 e. The van der Waals surface area contributed by atoms with Gasteiger partial charge in [-0.1, -0.05) is 64.8 Å². The minimum absolute atomic E-state index is 0.176. The minimum Gasteiger partial charge on any atom is -0.445 e. The second-order valence-electron chi connectivity index (χ2n) is 7.32. The van der Waals surface area contributed by atoms with Crippen LogP contribution in [0.1, 0.15) is 37.3 Å². The number of carbonyl (C=O) groups excluding carboxylic acids is 2. The predicted octanol–water partition coefficient (Wildman–Crippen LogP) is 5.95. The van der Waals surface area contributed by atoms with Crippen molar-refractivity contribution in [3.8, 4) is 0 Å². The maximum Gasteiger partial charge on any atom is 0.409 e. The lowest BCUT2D eigenvalue weighted by atomic mass is 9.75. The molecule has 1 amide bonds. The Hall–Kier alpha value is -1.41. The summed E-state index contributed by atoms with van der Waals surface area (Å²) in [6.45, 7) is 2.88. The molecule has 4 nitrogen and oxygen atoms in total. The first kappa shape index (κ1) is 23.9. The molecule has 0 aromatic heterocycles. The second kappa shape index (κ2) is 11.7. The number of amides is 1. The highest BCUT2D eigenvalue weighted by Crippen LogP contribution is 2.32. The summed E-state index contributed by atoms with van der Waals surface area (Å²) in [5.74, 6) is 0.176. The summed E-state index contributed by atoms with van der Waals surface area (Å²) in [5, 5.41) is 0.334. The van der Waals surface area contributed by atoms with E-state index in [1.807, 2.05) is 55.5 Å². The van der Waals surface area contributed by atoms with Gasteiger partial charge in [-0.3, -0.25) is 4.79 Å². The summed E-state index contributed by atoms with van der Waals surface area (Å²) < 4.78 is 6.47. The van der Waals surface area contributed by atoms with Crippen molar-refractivity contribution in [3.63, 3.8) is 0 Å². The number of Topliss-reactive ketones (excluding diaryl/α,β-unsaturated/α-hetero) is 1. The molecule has 29 heavy (non-hydrogen) atoms. The summed E-state index contributed by atoms with van der Waals surface area (Å²) >= 11 is 5.61. The highest BCUT2D eigenvalue weighted by Gasteiger charge is 2.33. The number of unbranched alkanes of at least 4 members (excludes halogenated alkanes) is 1. The van der Waals surface area contributed by atoms with Gasteiger partial charge in [0, 0.05) is 17.2 Å². The SMILES string of the molecule is CN(CCCCC(C)(C(=O)CBr)c1cccc(I)c1)C(=O)OCc1ccccc1. The highest BCUT2D eigenvalue weighted by molar-refractivity contribution is 14.1. The molecule has 0 aliphatic rings. The van der Waals surface area contributed by atoms with Gasteiger partial charge in [-0.2, -0.15) is 0 Å². The fourth-order valence-electron chi connectivity index (χ4n) is 3.17. The van der Waals surface area contributed by atoms with E-state index < -0.39 is 5.41 Å². The topological polar surface area (TPSA) is 46.6 Å². The Morgan fingerprint density at radius 2 is 1.83 bits per heavy atom. The van der Waals surface area contributed by atoms with Gasteiger partial charge in [0.15, 0.2) is 5.78 Å². The number of rotatable bonds is 10. The van der Waals surface area contributed by atoms with Crippen molar-refractivity contribution in [1.82, 2.24) is 4.90 Å². The van der Waals surface area contributed by atoms with E-state index in [-0.39, 0.29) is 18.5 Å². The van der Waals surface area contributed by atoms with Crippen LogP contribution in [0, 0.1) is 3.57 Å². The lowest BCUT2D eigenvalue weighted by Gasteiger charge is -2.29. The fourth-order valence-corrected chi connectivity index (χ4v) is 4.33. The van der Waals surface area contributed by atoms with Crippen molar-refractivity contribution >= 4 is 50.4 Å². The van der Waals surface area contributed by atoms with Crippen LogP contribution >= 0.6 is 38.5 Å². The first-order valence-corrected chi connectivity index (χ1v) is 11.8. The molecule has 6 heteroatoms. The van der Waals surface area contributed by atoms with E-state index in [0.29, 0.717) is 11.9 Å². The summed E-state index contributed by atoms with van der Waals surface area (Å²) in [6, 6.07) is 17.8. The van der Waals surface area contributed by atoms with E-state index in [1.54, 1.807) is 11.9 Å². The number of alkyl halides is 1. The summed E-state index contributed by atoms with van der Waals surface area (Å²) in [6.07, 6.45) is 2.07. The standard InChI is InChI=1S/C23H27BrINO3/c1-23(21(27)16-24,19-11-8-12-20(25)15-19)13-6-7-14-26(2)22(28)29-17-18-9-4-3-5-10-18/h3-5,8-12,15H,6-7,13-14,16-17H2,1-2H3. The van der Waals surface area contributed by atoms with Gasteiger partial charge in [0.25, 0.3) is 0 Å². The molecule has 2 aromatic rings. The van der Waals surface area contributed by atoms with Gasteiger partial charge in [-0.15, -0.1) is 0 Å². The van der Waals surface area contributed by atoms with Gasteiger partial charge >= 0.3 is 6.09 Å². The average molecular weight is 572 g/mol. The van der Waals surface area contributed by atoms with Crippen LogP contribution in [0.4, 0.5) is 4.79 Å². The maximum absolute atomic E-state index is 12.7. The normalized spacial score (nSPS) is 12.8. The Labute approximate surface area is 195 Å². The smallest absolute Gasteiger partial charge is 0.409 e. The zero-order valence-corrected chi connectivity index (χ0v) is 20.6. The molecule has 0 spiro atoms. The molecule has 2 rings (SSSR count). The van der Waals surface area contributed by atoms with Gasteiger partial charge in [-0.25, -0.2) is 4.79 Å². The molecule has 0 bridgehead atoms. The van der Waals surface area contributed by atoms with Crippen LogP contribution in [-0.2, 0) is 21.6 Å². The molecule has 0 fully saturated rings. The number of hydrogen-bond acceptors (Lipinski definition) is 3. The van der Waals surface area contributed by atoms with E-state index in [1.165, 1.54) is 0 Å². The number of carbonyl (C=O) groups is 2. The average Bonchev–Trinajstić information content (AvgIpc) is 2.74. The quantitative estimate of drug-likeness (QED) is 0.201. The molecule has 156 valence electrons. The summed E-state index contributed by atoms with van der Waals surface area (Å²) in [7, 11) is 1.75. The third kappa shape index (κ3) is 7.10. The molecule has 0 N–H and O–H groups in total. The number of ether oxygens (including phenoxy) is 1. The molecular weight excluding hydrogens is 545 g/mol. The van der Waals surface area contributed by atoms with Crippen LogP contribution in [0.2, 0.25) is 0 Å². The van der Waals surface area contributed by atoms with Crippen molar-refractivity contribution in [3.05, 3.63) is 69.3 Å². The number of benzene rings is 2. The highest BCUT2D eigenvalue weighted by atomic mass is 127. The number of hydrogen-bond donors (Lipinski definition) is 0. The number of nitrogens with zero attached hydrogens (tertiary/aromatic N) is 1. The minimum atomic E-state index is -0.531. The molecule has 0 saturated heterocycles. The van der Waals surface area contributed by atoms with Crippen molar-refractivity contribution in [2.75, 3.05) is 18.9 Å². The van der Waals surface area contributed by atoms with Crippen LogP contribution in [0.5, 0.6) is 0 Å². The number of halogens is 2. The molecular formula is C23H27BrINO3. The first-order chi connectivity index (χ1) is 13.9. The van der Waals surface area contributed by atoms with Gasteiger partial charge in [-0.05, 0) is 65.6 Å². The summed E-state index contributed by atoms with van der Waals surface area (Å²) in [4.78, 5) is 26.4. The Kier molecular flexibility index (Phi) is 9.62. The van der Waals surface area contributed by atoms with Crippen LogP contribution < -0.4 is 0 Å². The lowest BCUT2D eigenvalue weighted by Crippen LogP contribution is -2.34. The summed E-state index contributed by atoms with van der Waals surface area (Å²) in [5.41, 5.74) is 1.48. The molecule has 0 saturated carbocycles. The van der Waals surface area contributed by atoms with Gasteiger partial charge in [0.05, 0.1) is 10.7 Å². The third-order valence-electron chi connectivity index (χ3n) is 5.14. The fraction of sp³-hybridized carbons (Fsp3) is 0.391. The van der Waals surface area contributed by atoms with Gasteiger partial charge in [0.1, 0.15) is 6.61 Å².